The van der Waals surface area contributed by atoms with Gasteiger partial charge in [-0.1, -0.05) is 26.0 Å². The van der Waals surface area contributed by atoms with E-state index in [0.717, 1.165) is 42.9 Å². The Morgan fingerprint density at radius 2 is 1.94 bits per heavy atom. The summed E-state index contributed by atoms with van der Waals surface area (Å²) in [6, 6.07) is 14.1. The van der Waals surface area contributed by atoms with Crippen molar-refractivity contribution in [2.75, 3.05) is 30.8 Å². The highest BCUT2D eigenvalue weighted by Gasteiger charge is 2.26. The number of anilines is 2. The van der Waals surface area contributed by atoms with E-state index >= 15 is 0 Å². The fourth-order valence-electron chi connectivity index (χ4n) is 4.53. The lowest BCUT2D eigenvalue weighted by atomic mass is 10.0. The minimum Gasteiger partial charge on any atom is -0.461 e. The van der Waals surface area contributed by atoms with Crippen molar-refractivity contribution < 1.29 is 9.21 Å². The number of rotatable bonds is 5. The number of furan rings is 1. The van der Waals surface area contributed by atoms with Crippen LogP contribution < -0.4 is 10.6 Å². The normalized spacial score (nSPS) is 14.8. The maximum absolute atomic E-state index is 12.4. The molecular formula is C25H29N7O2. The molecule has 34 heavy (non-hydrogen) atoms. The van der Waals surface area contributed by atoms with Gasteiger partial charge in [0.05, 0.1) is 12.0 Å². The van der Waals surface area contributed by atoms with Crippen LogP contribution in [0.25, 0.3) is 28.5 Å². The predicted octanol–water partition coefficient (Wildman–Crippen LogP) is 3.72. The number of amides is 1. The lowest BCUT2D eigenvalue weighted by molar-refractivity contribution is -0.135. The summed E-state index contributed by atoms with van der Waals surface area (Å²) in [5, 5.41) is 4.41. The molecule has 1 aliphatic rings. The van der Waals surface area contributed by atoms with E-state index in [-0.39, 0.29) is 23.8 Å². The van der Waals surface area contributed by atoms with E-state index in [0.29, 0.717) is 17.2 Å². The lowest BCUT2D eigenvalue weighted by Crippen LogP contribution is -2.46. The molecule has 0 spiro atoms. The molecule has 176 valence electrons. The number of hydrogen-bond acceptors (Lipinski definition) is 7. The number of piperidine rings is 1. The molecule has 1 amide bonds. The Bertz CT molecular complexity index is 1300. The van der Waals surface area contributed by atoms with Crippen LogP contribution in [0, 0.1) is 5.92 Å². The largest absolute Gasteiger partial charge is 0.461 e. The van der Waals surface area contributed by atoms with Gasteiger partial charge in [0.15, 0.2) is 11.4 Å². The van der Waals surface area contributed by atoms with Gasteiger partial charge in [0, 0.05) is 49.4 Å². The van der Waals surface area contributed by atoms with Crippen molar-refractivity contribution in [3.8, 4) is 22.8 Å². The van der Waals surface area contributed by atoms with Gasteiger partial charge in [0.1, 0.15) is 0 Å². The molecule has 9 heteroatoms. The van der Waals surface area contributed by atoms with Crippen LogP contribution in [0.1, 0.15) is 26.7 Å². The second-order valence-electron chi connectivity index (χ2n) is 9.05. The maximum Gasteiger partial charge on any atom is 0.225 e. The van der Waals surface area contributed by atoms with Crippen LogP contribution >= 0.6 is 0 Å². The predicted molar refractivity (Wildman–Crippen MR) is 131 cm³/mol. The summed E-state index contributed by atoms with van der Waals surface area (Å²) in [6.45, 7) is 5.70. The van der Waals surface area contributed by atoms with Crippen molar-refractivity contribution in [1.29, 1.82) is 0 Å². The first-order valence-corrected chi connectivity index (χ1v) is 11.6. The van der Waals surface area contributed by atoms with Gasteiger partial charge in [0.2, 0.25) is 17.7 Å². The van der Waals surface area contributed by atoms with Crippen molar-refractivity contribution in [3.05, 3.63) is 48.7 Å². The number of nitrogens with two attached hydrogens (primary N) is 1. The summed E-state index contributed by atoms with van der Waals surface area (Å²) in [4.78, 5) is 25.8. The zero-order valence-corrected chi connectivity index (χ0v) is 19.7. The second-order valence-corrected chi connectivity index (χ2v) is 9.05. The minimum atomic E-state index is 0.0254. The quantitative estimate of drug-likeness (QED) is 0.485. The number of carbonyl (C=O) groups is 1. The minimum absolute atomic E-state index is 0.0254. The van der Waals surface area contributed by atoms with Gasteiger partial charge in [0.25, 0.3) is 0 Å². The first-order chi connectivity index (χ1) is 16.4. The number of aromatic nitrogens is 4. The molecule has 9 nitrogen and oxygen atoms in total. The van der Waals surface area contributed by atoms with Gasteiger partial charge in [-0.05, 0) is 37.1 Å². The number of hydrogen-bond donors (Lipinski definition) is 1. The Morgan fingerprint density at radius 1 is 1.15 bits per heavy atom. The van der Waals surface area contributed by atoms with Gasteiger partial charge in [-0.2, -0.15) is 4.52 Å². The Morgan fingerprint density at radius 3 is 2.65 bits per heavy atom. The molecule has 1 saturated heterocycles. The van der Waals surface area contributed by atoms with E-state index in [9.17, 15) is 4.79 Å². The average molecular weight is 460 g/mol. The van der Waals surface area contributed by atoms with E-state index in [1.165, 1.54) is 4.52 Å². The van der Waals surface area contributed by atoms with Gasteiger partial charge in [-0.15, -0.1) is 5.10 Å². The SMILES string of the molecule is CC(C)C(=O)N(C)C1CCN(c2cccc(-c3cc4nc(-c5ccco5)nn4c(N)n3)c2)CC1. The van der Waals surface area contributed by atoms with Crippen LogP contribution in [-0.4, -0.2) is 56.6 Å². The summed E-state index contributed by atoms with van der Waals surface area (Å²) < 4.78 is 6.93. The van der Waals surface area contributed by atoms with E-state index in [2.05, 4.69) is 32.1 Å². The summed E-state index contributed by atoms with van der Waals surface area (Å²) >= 11 is 0. The van der Waals surface area contributed by atoms with Crippen LogP contribution in [0.15, 0.2) is 53.1 Å². The lowest BCUT2D eigenvalue weighted by Gasteiger charge is -2.38. The van der Waals surface area contributed by atoms with E-state index < -0.39 is 0 Å². The molecule has 4 heterocycles. The Hall–Kier alpha value is -3.88. The molecule has 3 aromatic heterocycles. The Labute approximate surface area is 198 Å². The summed E-state index contributed by atoms with van der Waals surface area (Å²) in [7, 11) is 1.93. The van der Waals surface area contributed by atoms with Crippen LogP contribution in [0.2, 0.25) is 0 Å². The highest BCUT2D eigenvalue weighted by molar-refractivity contribution is 5.78. The zero-order chi connectivity index (χ0) is 23.8. The molecule has 2 N–H and O–H groups in total. The molecule has 0 unspecified atom stereocenters. The third-order valence-corrected chi connectivity index (χ3v) is 6.45. The molecule has 0 atom stereocenters. The summed E-state index contributed by atoms with van der Waals surface area (Å²) in [5.41, 5.74) is 9.65. The molecule has 4 aromatic rings. The molecule has 1 aliphatic heterocycles. The van der Waals surface area contributed by atoms with E-state index in [1.807, 2.05) is 50.1 Å². The molecular weight excluding hydrogens is 430 g/mol. The van der Waals surface area contributed by atoms with Crippen molar-refractivity contribution >= 4 is 23.2 Å². The molecule has 0 aliphatic carbocycles. The van der Waals surface area contributed by atoms with Crippen molar-refractivity contribution in [2.24, 2.45) is 5.92 Å². The fourth-order valence-corrected chi connectivity index (χ4v) is 4.53. The number of fused-ring (bicyclic) bond motifs is 1. The van der Waals surface area contributed by atoms with Gasteiger partial charge >= 0.3 is 0 Å². The van der Waals surface area contributed by atoms with Crippen molar-refractivity contribution in [1.82, 2.24) is 24.5 Å². The third kappa shape index (κ3) is 4.09. The average Bonchev–Trinajstić information content (AvgIpc) is 3.53. The molecule has 1 fully saturated rings. The van der Waals surface area contributed by atoms with Gasteiger partial charge < -0.3 is 20.0 Å². The highest BCUT2D eigenvalue weighted by atomic mass is 16.3. The van der Waals surface area contributed by atoms with Crippen LogP contribution in [0.3, 0.4) is 0 Å². The Balaban J connectivity index is 1.36. The van der Waals surface area contributed by atoms with Crippen LogP contribution in [0.4, 0.5) is 11.6 Å². The zero-order valence-electron chi connectivity index (χ0n) is 19.7. The number of nitrogen functional groups attached to an aromatic ring is 1. The van der Waals surface area contributed by atoms with Gasteiger partial charge in [-0.25, -0.2) is 9.97 Å². The molecule has 0 saturated carbocycles. The summed E-state index contributed by atoms with van der Waals surface area (Å²) in [6.07, 6.45) is 3.49. The second kappa shape index (κ2) is 8.81. The first kappa shape index (κ1) is 21.9. The third-order valence-electron chi connectivity index (χ3n) is 6.45. The molecule has 0 radical (unpaired) electrons. The number of benzene rings is 1. The van der Waals surface area contributed by atoms with Gasteiger partial charge in [-0.3, -0.25) is 4.79 Å². The number of nitrogens with zero attached hydrogens (tertiary/aromatic N) is 6. The van der Waals surface area contributed by atoms with Crippen LogP contribution in [0.5, 0.6) is 0 Å². The smallest absolute Gasteiger partial charge is 0.225 e. The maximum atomic E-state index is 12.4. The number of carbonyl (C=O) groups excluding carboxylic acids is 1. The van der Waals surface area contributed by atoms with Crippen molar-refractivity contribution in [2.45, 2.75) is 32.7 Å². The van der Waals surface area contributed by atoms with E-state index in [1.54, 1.807) is 12.3 Å². The highest BCUT2D eigenvalue weighted by Crippen LogP contribution is 2.28. The summed E-state index contributed by atoms with van der Waals surface area (Å²) in [5.74, 6) is 1.55. The molecule has 1 aromatic carbocycles. The first-order valence-electron chi connectivity index (χ1n) is 11.6. The van der Waals surface area contributed by atoms with E-state index in [4.69, 9.17) is 10.2 Å². The molecule has 5 rings (SSSR count). The van der Waals surface area contributed by atoms with Crippen LogP contribution in [-0.2, 0) is 4.79 Å². The monoisotopic (exact) mass is 459 g/mol. The molecule has 0 bridgehead atoms. The van der Waals surface area contributed by atoms with Crippen molar-refractivity contribution in [3.63, 3.8) is 0 Å². The Kier molecular flexibility index (Phi) is 5.69. The topological polar surface area (TPSA) is 106 Å². The standard InChI is InChI=1S/C25H29N7O2/c1-16(2)24(33)30(3)18-9-11-31(12-10-18)19-7-4-6-17(14-19)20-15-22-28-23(21-8-5-13-34-21)29-32(22)25(26)27-20/h4-8,13-16,18H,9-12H2,1-3H3,(H2,26,27). The fraction of sp³-hybridized carbons (Fsp3) is 0.360.